The van der Waals surface area contributed by atoms with Crippen molar-refractivity contribution >= 4 is 6.29 Å². The Bertz CT molecular complexity index is 137. The van der Waals surface area contributed by atoms with E-state index in [-0.39, 0.29) is 6.42 Å². The average Bonchev–Trinajstić information content (AvgIpc) is 1.83. The van der Waals surface area contributed by atoms with Crippen LogP contribution in [-0.2, 0) is 4.79 Å². The van der Waals surface area contributed by atoms with Crippen LogP contribution in [0.1, 0.15) is 6.42 Å². The standard InChI is InChI=1S/C5H4N2O/c6-3-5(4-7)1-2-8/h2,5H,1H2. The molecule has 3 nitrogen and oxygen atoms in total. The highest BCUT2D eigenvalue weighted by Gasteiger charge is 2.00. The zero-order valence-corrected chi connectivity index (χ0v) is 4.16. The third kappa shape index (κ3) is 1.94. The van der Waals surface area contributed by atoms with Gasteiger partial charge in [-0.1, -0.05) is 0 Å². The molecule has 0 aromatic heterocycles. The van der Waals surface area contributed by atoms with Crippen LogP contribution in [0.3, 0.4) is 0 Å². The summed E-state index contributed by atoms with van der Waals surface area (Å²) >= 11 is 0. The lowest BCUT2D eigenvalue weighted by Gasteiger charge is -1.83. The number of carbonyl (C=O) groups is 1. The second-order valence-electron chi connectivity index (χ2n) is 1.21. The molecule has 0 unspecified atom stereocenters. The Kier molecular flexibility index (Phi) is 3.18. The molecule has 0 aliphatic heterocycles. The van der Waals surface area contributed by atoms with Crippen LogP contribution >= 0.6 is 0 Å². The number of nitrogens with zero attached hydrogens (tertiary/aromatic N) is 2. The molecule has 0 amide bonds. The van der Waals surface area contributed by atoms with Gasteiger partial charge in [0.25, 0.3) is 0 Å². The maximum Gasteiger partial charge on any atom is 0.139 e. The summed E-state index contributed by atoms with van der Waals surface area (Å²) in [5.41, 5.74) is 0. The van der Waals surface area contributed by atoms with E-state index in [2.05, 4.69) is 0 Å². The Morgan fingerprint density at radius 1 is 1.50 bits per heavy atom. The second kappa shape index (κ2) is 3.83. The first-order chi connectivity index (χ1) is 3.85. The fourth-order valence-corrected chi connectivity index (χ4v) is 0.231. The molecule has 0 atom stereocenters. The van der Waals surface area contributed by atoms with Crippen LogP contribution < -0.4 is 0 Å². The van der Waals surface area contributed by atoms with E-state index in [0.717, 1.165) is 0 Å². The molecule has 0 heterocycles. The molecule has 0 rings (SSSR count). The van der Waals surface area contributed by atoms with Crippen molar-refractivity contribution in [3.63, 3.8) is 0 Å². The summed E-state index contributed by atoms with van der Waals surface area (Å²) in [5, 5.41) is 16.1. The number of aldehydes is 1. The van der Waals surface area contributed by atoms with Crippen molar-refractivity contribution in [3.05, 3.63) is 0 Å². The van der Waals surface area contributed by atoms with E-state index in [1.54, 1.807) is 12.1 Å². The van der Waals surface area contributed by atoms with E-state index in [0.29, 0.717) is 6.29 Å². The Labute approximate surface area is 47.1 Å². The van der Waals surface area contributed by atoms with Crippen molar-refractivity contribution in [1.29, 1.82) is 10.5 Å². The fraction of sp³-hybridized carbons (Fsp3) is 0.400. The van der Waals surface area contributed by atoms with Gasteiger partial charge < -0.3 is 4.79 Å². The van der Waals surface area contributed by atoms with Crippen LogP contribution in [0.5, 0.6) is 0 Å². The molecular weight excluding hydrogens is 104 g/mol. The molecule has 0 saturated heterocycles. The lowest BCUT2D eigenvalue weighted by atomic mass is 10.1. The van der Waals surface area contributed by atoms with Crippen molar-refractivity contribution in [1.82, 2.24) is 0 Å². The third-order valence-electron chi connectivity index (χ3n) is 0.644. The molecule has 0 aromatic rings. The predicted molar refractivity (Wildman–Crippen MR) is 25.4 cm³/mol. The van der Waals surface area contributed by atoms with Gasteiger partial charge >= 0.3 is 0 Å². The van der Waals surface area contributed by atoms with E-state index in [9.17, 15) is 4.79 Å². The molecule has 8 heavy (non-hydrogen) atoms. The topological polar surface area (TPSA) is 64.7 Å². The van der Waals surface area contributed by atoms with Gasteiger partial charge in [0.05, 0.1) is 12.1 Å². The van der Waals surface area contributed by atoms with E-state index < -0.39 is 5.92 Å². The largest absolute Gasteiger partial charge is 0.303 e. The summed E-state index contributed by atoms with van der Waals surface area (Å²) in [6.07, 6.45) is 0.587. The lowest BCUT2D eigenvalue weighted by Crippen LogP contribution is -1.91. The molecule has 0 saturated carbocycles. The maximum absolute atomic E-state index is 9.63. The van der Waals surface area contributed by atoms with Gasteiger partial charge in [0.1, 0.15) is 12.2 Å². The van der Waals surface area contributed by atoms with Crippen LogP contribution in [-0.4, -0.2) is 6.29 Å². The van der Waals surface area contributed by atoms with Gasteiger partial charge in [0, 0.05) is 6.42 Å². The van der Waals surface area contributed by atoms with E-state index >= 15 is 0 Å². The van der Waals surface area contributed by atoms with E-state index in [1.807, 2.05) is 0 Å². The van der Waals surface area contributed by atoms with Gasteiger partial charge in [-0.15, -0.1) is 0 Å². The molecule has 0 aromatic carbocycles. The first-order valence-electron chi connectivity index (χ1n) is 2.08. The molecule has 0 N–H and O–H groups in total. The number of nitriles is 2. The van der Waals surface area contributed by atoms with Crippen LogP contribution in [0, 0.1) is 28.6 Å². The minimum atomic E-state index is -0.757. The summed E-state index contributed by atoms with van der Waals surface area (Å²) in [6, 6.07) is 3.32. The quantitative estimate of drug-likeness (QED) is 0.476. The van der Waals surface area contributed by atoms with Crippen LogP contribution in [0.25, 0.3) is 0 Å². The highest BCUT2D eigenvalue weighted by Crippen LogP contribution is 1.93. The summed E-state index contributed by atoms with van der Waals surface area (Å²) < 4.78 is 0. The average molecular weight is 108 g/mol. The summed E-state index contributed by atoms with van der Waals surface area (Å²) in [5.74, 6) is -0.757. The number of carbonyl (C=O) groups excluding carboxylic acids is 1. The molecule has 40 valence electrons. The van der Waals surface area contributed by atoms with Gasteiger partial charge in [-0.2, -0.15) is 10.5 Å². The Morgan fingerprint density at radius 3 is 2.12 bits per heavy atom. The smallest absolute Gasteiger partial charge is 0.139 e. The number of hydrogen-bond acceptors (Lipinski definition) is 3. The van der Waals surface area contributed by atoms with E-state index in [4.69, 9.17) is 10.5 Å². The highest BCUT2D eigenvalue weighted by molar-refractivity contribution is 5.51. The van der Waals surface area contributed by atoms with Crippen molar-refractivity contribution in [2.24, 2.45) is 5.92 Å². The number of hydrogen-bond donors (Lipinski definition) is 0. The van der Waals surface area contributed by atoms with Crippen LogP contribution in [0.15, 0.2) is 0 Å². The zero-order chi connectivity index (χ0) is 6.41. The van der Waals surface area contributed by atoms with Gasteiger partial charge in [-0.05, 0) is 0 Å². The molecule has 0 aliphatic carbocycles. The highest BCUT2D eigenvalue weighted by atomic mass is 16.1. The first kappa shape index (κ1) is 6.65. The van der Waals surface area contributed by atoms with Gasteiger partial charge in [-0.25, -0.2) is 0 Å². The monoisotopic (exact) mass is 108 g/mol. The van der Waals surface area contributed by atoms with Crippen molar-refractivity contribution in [2.45, 2.75) is 6.42 Å². The van der Waals surface area contributed by atoms with Gasteiger partial charge in [-0.3, -0.25) is 0 Å². The zero-order valence-electron chi connectivity index (χ0n) is 4.16. The third-order valence-corrected chi connectivity index (χ3v) is 0.644. The summed E-state index contributed by atoms with van der Waals surface area (Å²) in [4.78, 5) is 9.63. The molecular formula is C5H4N2O. The summed E-state index contributed by atoms with van der Waals surface area (Å²) in [7, 11) is 0. The normalized spacial score (nSPS) is 7.38. The summed E-state index contributed by atoms with van der Waals surface area (Å²) in [6.45, 7) is 0. The van der Waals surface area contributed by atoms with Crippen LogP contribution in [0.4, 0.5) is 0 Å². The van der Waals surface area contributed by atoms with Crippen molar-refractivity contribution in [2.75, 3.05) is 0 Å². The molecule has 0 spiro atoms. The van der Waals surface area contributed by atoms with Gasteiger partial charge in [0.2, 0.25) is 0 Å². The van der Waals surface area contributed by atoms with Gasteiger partial charge in [0.15, 0.2) is 0 Å². The van der Waals surface area contributed by atoms with Crippen molar-refractivity contribution < 1.29 is 4.79 Å². The van der Waals surface area contributed by atoms with Crippen LogP contribution in [0.2, 0.25) is 0 Å². The van der Waals surface area contributed by atoms with Crippen molar-refractivity contribution in [3.8, 4) is 12.1 Å². The SMILES string of the molecule is N#CC(C#N)CC=O. The Hall–Kier alpha value is -1.35. The predicted octanol–water partition coefficient (Wildman–Crippen LogP) is 0.239. The minimum absolute atomic E-state index is 0.0208. The molecule has 0 radical (unpaired) electrons. The molecule has 0 fully saturated rings. The Morgan fingerprint density at radius 2 is 2.00 bits per heavy atom. The second-order valence-corrected chi connectivity index (χ2v) is 1.21. The maximum atomic E-state index is 9.63. The molecule has 0 bridgehead atoms. The Balaban J connectivity index is 3.62. The van der Waals surface area contributed by atoms with E-state index in [1.165, 1.54) is 0 Å². The number of rotatable bonds is 2. The lowest BCUT2D eigenvalue weighted by molar-refractivity contribution is -0.108. The minimum Gasteiger partial charge on any atom is -0.303 e. The molecule has 0 aliphatic rings. The fourth-order valence-electron chi connectivity index (χ4n) is 0.231. The molecule has 3 heteroatoms. The first-order valence-corrected chi connectivity index (χ1v) is 2.08.